The summed E-state index contributed by atoms with van der Waals surface area (Å²) < 4.78 is 0. The summed E-state index contributed by atoms with van der Waals surface area (Å²) in [5.74, 6) is -0.125. The maximum Gasteiger partial charge on any atom is 0.247 e. The number of amides is 1. The van der Waals surface area contributed by atoms with Crippen molar-refractivity contribution in [2.45, 2.75) is 26.7 Å². The monoisotopic (exact) mass is 217 g/mol. The molecule has 0 aromatic heterocycles. The maximum atomic E-state index is 11.9. The summed E-state index contributed by atoms with van der Waals surface area (Å²) in [5.41, 5.74) is 7.61. The Labute approximate surface area is 90.8 Å². The molecule has 82 valence electrons. The van der Waals surface area contributed by atoms with Crippen LogP contribution in [0.25, 0.3) is 0 Å². The van der Waals surface area contributed by atoms with Crippen molar-refractivity contribution in [1.29, 1.82) is 0 Å². The molecule has 5 heteroatoms. The van der Waals surface area contributed by atoms with Crippen LogP contribution in [-0.4, -0.2) is 30.0 Å². The van der Waals surface area contributed by atoms with Crippen molar-refractivity contribution in [3.63, 3.8) is 0 Å². The van der Waals surface area contributed by atoms with Crippen LogP contribution >= 0.6 is 12.2 Å². The first-order valence-corrected chi connectivity index (χ1v) is 5.09. The molecule has 0 unspecified atom stereocenters. The maximum absolute atomic E-state index is 11.9. The number of hydrazine groups is 1. The lowest BCUT2D eigenvalue weighted by Gasteiger charge is -2.30. The van der Waals surface area contributed by atoms with Crippen LogP contribution in [0.3, 0.4) is 0 Å². The Hall–Kier alpha value is -0.680. The summed E-state index contributed by atoms with van der Waals surface area (Å²) in [5, 5.41) is 1.60. The number of nitrogens with one attached hydrogen (secondary N) is 1. The van der Waals surface area contributed by atoms with E-state index >= 15 is 0 Å². The van der Waals surface area contributed by atoms with Gasteiger partial charge in [0.05, 0.1) is 10.4 Å². The Morgan fingerprint density at radius 3 is 2.07 bits per heavy atom. The number of rotatable bonds is 5. The molecule has 0 saturated carbocycles. The molecule has 0 bridgehead atoms. The summed E-state index contributed by atoms with van der Waals surface area (Å²) in [6, 6.07) is 0. The van der Waals surface area contributed by atoms with Crippen molar-refractivity contribution in [1.82, 2.24) is 10.4 Å². The van der Waals surface area contributed by atoms with E-state index in [0.717, 1.165) is 0 Å². The second-order valence-corrected chi connectivity index (χ2v) is 3.93. The molecule has 0 atom stereocenters. The van der Waals surface area contributed by atoms with E-state index in [4.69, 9.17) is 18.0 Å². The Bertz CT molecular complexity index is 224. The lowest BCUT2D eigenvalue weighted by molar-refractivity contribution is -0.131. The average molecular weight is 217 g/mol. The van der Waals surface area contributed by atoms with E-state index in [1.165, 1.54) is 0 Å². The van der Waals surface area contributed by atoms with Crippen LogP contribution in [0.1, 0.15) is 26.7 Å². The summed E-state index contributed by atoms with van der Waals surface area (Å²) in [6.07, 6.45) is 1.25. The average Bonchev–Trinajstić information content (AvgIpc) is 2.05. The van der Waals surface area contributed by atoms with E-state index in [1.807, 2.05) is 13.8 Å². The van der Waals surface area contributed by atoms with Crippen LogP contribution in [0.5, 0.6) is 0 Å². The number of hydrogen-bond acceptors (Lipinski definition) is 3. The van der Waals surface area contributed by atoms with Gasteiger partial charge in [-0.05, 0) is 12.8 Å². The Morgan fingerprint density at radius 2 is 1.86 bits per heavy atom. The molecule has 0 spiro atoms. The fraction of sp³-hybridized carbons (Fsp3) is 0.778. The zero-order chi connectivity index (χ0) is 11.4. The Kier molecular flexibility index (Phi) is 5.01. The first-order valence-electron chi connectivity index (χ1n) is 4.69. The van der Waals surface area contributed by atoms with Gasteiger partial charge in [-0.3, -0.25) is 10.2 Å². The fourth-order valence-corrected chi connectivity index (χ4v) is 1.72. The number of hydrogen-bond donors (Lipinski definition) is 2. The molecule has 0 saturated heterocycles. The Morgan fingerprint density at radius 1 is 1.43 bits per heavy atom. The lowest BCUT2D eigenvalue weighted by atomic mass is 9.81. The number of thiocarbonyl (C=S) groups is 1. The fourth-order valence-electron chi connectivity index (χ4n) is 1.34. The highest BCUT2D eigenvalue weighted by Crippen LogP contribution is 2.27. The highest BCUT2D eigenvalue weighted by atomic mass is 32.1. The van der Waals surface area contributed by atoms with E-state index in [9.17, 15) is 4.79 Å². The van der Waals surface area contributed by atoms with Gasteiger partial charge in [-0.2, -0.15) is 0 Å². The van der Waals surface area contributed by atoms with Crippen molar-refractivity contribution < 1.29 is 4.79 Å². The second-order valence-electron chi connectivity index (χ2n) is 3.49. The molecule has 0 aromatic carbocycles. The highest BCUT2D eigenvalue weighted by molar-refractivity contribution is 7.80. The molecular formula is C9H19N3OS. The molecule has 0 aromatic rings. The molecule has 3 N–H and O–H groups in total. The smallest absolute Gasteiger partial charge is 0.247 e. The van der Waals surface area contributed by atoms with Gasteiger partial charge in [-0.15, -0.1) is 0 Å². The van der Waals surface area contributed by atoms with E-state index in [1.54, 1.807) is 19.1 Å². The zero-order valence-corrected chi connectivity index (χ0v) is 10.1. The van der Waals surface area contributed by atoms with E-state index < -0.39 is 5.41 Å². The van der Waals surface area contributed by atoms with Crippen molar-refractivity contribution in [3.8, 4) is 0 Å². The van der Waals surface area contributed by atoms with Crippen molar-refractivity contribution in [2.75, 3.05) is 14.1 Å². The number of nitrogens with zero attached hydrogens (tertiary/aromatic N) is 1. The van der Waals surface area contributed by atoms with E-state index in [-0.39, 0.29) is 10.9 Å². The first-order chi connectivity index (χ1) is 6.40. The minimum Gasteiger partial charge on any atom is -0.392 e. The van der Waals surface area contributed by atoms with Crippen LogP contribution in [0.4, 0.5) is 0 Å². The van der Waals surface area contributed by atoms with Gasteiger partial charge in [0.15, 0.2) is 0 Å². The molecule has 0 aliphatic rings. The summed E-state index contributed by atoms with van der Waals surface area (Å²) >= 11 is 4.95. The van der Waals surface area contributed by atoms with Crippen LogP contribution in [0.2, 0.25) is 0 Å². The third-order valence-corrected chi connectivity index (χ3v) is 2.83. The Balaban J connectivity index is 4.81. The quantitative estimate of drug-likeness (QED) is 0.525. The third-order valence-electron chi connectivity index (χ3n) is 2.44. The predicted octanol–water partition coefficient (Wildman–Crippen LogP) is 0.672. The molecule has 4 nitrogen and oxygen atoms in total. The number of carbonyl (C=O) groups is 1. The standard InChI is InChI=1S/C9H19N3OS/c1-5-9(6-2,7(10)14)8(13)11-12(3)4/h5-6H2,1-4H3,(H2,10,14)(H,11,13). The van der Waals surface area contributed by atoms with Crippen molar-refractivity contribution in [3.05, 3.63) is 0 Å². The van der Waals surface area contributed by atoms with Crippen LogP contribution in [0.15, 0.2) is 0 Å². The van der Waals surface area contributed by atoms with Gasteiger partial charge in [0.2, 0.25) is 5.91 Å². The topological polar surface area (TPSA) is 58.4 Å². The van der Waals surface area contributed by atoms with E-state index in [0.29, 0.717) is 12.8 Å². The van der Waals surface area contributed by atoms with Gasteiger partial charge in [0.1, 0.15) is 0 Å². The highest BCUT2D eigenvalue weighted by Gasteiger charge is 2.38. The predicted molar refractivity (Wildman–Crippen MR) is 61.6 cm³/mol. The van der Waals surface area contributed by atoms with Crippen LogP contribution < -0.4 is 11.2 Å². The molecular weight excluding hydrogens is 198 g/mol. The van der Waals surface area contributed by atoms with E-state index in [2.05, 4.69) is 5.43 Å². The van der Waals surface area contributed by atoms with Gasteiger partial charge in [-0.25, -0.2) is 5.01 Å². The second kappa shape index (κ2) is 5.26. The molecule has 1 amide bonds. The van der Waals surface area contributed by atoms with Gasteiger partial charge >= 0.3 is 0 Å². The van der Waals surface area contributed by atoms with Crippen LogP contribution in [0, 0.1) is 5.41 Å². The van der Waals surface area contributed by atoms with Crippen molar-refractivity contribution >= 4 is 23.1 Å². The lowest BCUT2D eigenvalue weighted by Crippen LogP contribution is -2.51. The van der Waals surface area contributed by atoms with Crippen molar-refractivity contribution in [2.24, 2.45) is 11.1 Å². The minimum atomic E-state index is -0.709. The van der Waals surface area contributed by atoms with Crippen LogP contribution in [-0.2, 0) is 4.79 Å². The molecule has 0 heterocycles. The minimum absolute atomic E-state index is 0.125. The first kappa shape index (κ1) is 13.3. The summed E-state index contributed by atoms with van der Waals surface area (Å²) in [6.45, 7) is 3.83. The summed E-state index contributed by atoms with van der Waals surface area (Å²) in [7, 11) is 3.51. The molecule has 14 heavy (non-hydrogen) atoms. The van der Waals surface area contributed by atoms with Gasteiger partial charge in [0, 0.05) is 14.1 Å². The molecule has 0 radical (unpaired) electrons. The third kappa shape index (κ3) is 2.65. The molecule has 0 aliphatic heterocycles. The van der Waals surface area contributed by atoms with Gasteiger partial charge in [0.25, 0.3) is 0 Å². The molecule has 0 fully saturated rings. The van der Waals surface area contributed by atoms with Gasteiger partial charge in [-0.1, -0.05) is 26.1 Å². The number of carbonyl (C=O) groups excluding carboxylic acids is 1. The van der Waals surface area contributed by atoms with Gasteiger partial charge < -0.3 is 5.73 Å². The number of nitrogens with two attached hydrogens (primary N) is 1. The SMILES string of the molecule is CCC(CC)(C(=O)NN(C)C)C(N)=S. The molecule has 0 aliphatic carbocycles. The zero-order valence-electron chi connectivity index (χ0n) is 9.26. The normalized spacial score (nSPS) is 11.5. The molecule has 0 rings (SSSR count). The summed E-state index contributed by atoms with van der Waals surface area (Å²) in [4.78, 5) is 12.1. The largest absolute Gasteiger partial charge is 0.392 e.